The van der Waals surface area contributed by atoms with Gasteiger partial charge in [-0.3, -0.25) is 0 Å². The number of rotatable bonds is 5. The minimum absolute atomic E-state index is 0.0346. The van der Waals surface area contributed by atoms with Gasteiger partial charge in [0.2, 0.25) is 0 Å². The number of hydrogen-bond acceptors (Lipinski definition) is 3. The van der Waals surface area contributed by atoms with E-state index >= 15 is 0 Å². The molecule has 0 amide bonds. The quantitative estimate of drug-likeness (QED) is 0.786. The van der Waals surface area contributed by atoms with Gasteiger partial charge in [0.1, 0.15) is 5.75 Å². The van der Waals surface area contributed by atoms with Crippen LogP contribution in [0.4, 0.5) is 8.78 Å². The van der Waals surface area contributed by atoms with E-state index in [9.17, 15) is 19.0 Å². The number of aliphatic hydroxyl groups is 2. The molecule has 1 fully saturated rings. The molecular weight excluding hydrogens is 374 g/mol. The van der Waals surface area contributed by atoms with Crippen molar-refractivity contribution in [1.29, 1.82) is 0 Å². The van der Waals surface area contributed by atoms with Gasteiger partial charge in [-0.05, 0) is 54.2 Å². The molecule has 0 radical (unpaired) electrons. The molecule has 2 aromatic carbocycles. The van der Waals surface area contributed by atoms with Crippen LogP contribution in [0.15, 0.2) is 42.5 Å². The smallest absolute Gasteiger partial charge is 0.260 e. The van der Waals surface area contributed by atoms with Gasteiger partial charge in [0.15, 0.2) is 0 Å². The van der Waals surface area contributed by atoms with E-state index in [1.807, 2.05) is 24.3 Å². The third-order valence-corrected chi connectivity index (χ3v) is 5.69. The lowest BCUT2D eigenvalue weighted by molar-refractivity contribution is -0.142. The Labute approximate surface area is 162 Å². The molecule has 0 saturated heterocycles. The molecule has 3 rings (SSSR count). The second-order valence-electron chi connectivity index (χ2n) is 7.11. The predicted octanol–water partition coefficient (Wildman–Crippen LogP) is 4.42. The molecule has 2 N–H and O–H groups in total. The topological polar surface area (TPSA) is 49.7 Å². The van der Waals surface area contributed by atoms with E-state index in [-0.39, 0.29) is 12.8 Å². The lowest BCUT2D eigenvalue weighted by Gasteiger charge is -2.40. The Balaban J connectivity index is 1.89. The van der Waals surface area contributed by atoms with Crippen LogP contribution in [0.1, 0.15) is 35.4 Å². The summed E-state index contributed by atoms with van der Waals surface area (Å²) in [7, 11) is 1.59. The van der Waals surface area contributed by atoms with E-state index in [0.29, 0.717) is 17.0 Å². The summed E-state index contributed by atoms with van der Waals surface area (Å²) in [5, 5.41) is 19.8. The van der Waals surface area contributed by atoms with Gasteiger partial charge in [0.05, 0.1) is 25.7 Å². The standard InChI is InChI=1S/C21H23ClF2O3/c1-27-18-5-2-13(3-6-18)8-15-9-14(4-7-20(15)22)19-11-17(26)10-16(12-25)21(19,23)24/h2-7,9,16-17,19,25-26H,8,10-12H2,1H3. The number of benzene rings is 2. The lowest BCUT2D eigenvalue weighted by atomic mass is 9.73. The van der Waals surface area contributed by atoms with Gasteiger partial charge in [0.25, 0.3) is 5.92 Å². The van der Waals surface area contributed by atoms with Crippen LogP contribution in [-0.2, 0) is 6.42 Å². The Morgan fingerprint density at radius 2 is 1.85 bits per heavy atom. The minimum Gasteiger partial charge on any atom is -0.497 e. The Kier molecular flexibility index (Phi) is 6.04. The first-order chi connectivity index (χ1) is 12.8. The molecule has 1 saturated carbocycles. The molecule has 0 aliphatic heterocycles. The first kappa shape index (κ1) is 20.1. The number of methoxy groups -OCH3 is 1. The Morgan fingerprint density at radius 1 is 1.15 bits per heavy atom. The summed E-state index contributed by atoms with van der Waals surface area (Å²) in [4.78, 5) is 0. The maximum atomic E-state index is 14.8. The van der Waals surface area contributed by atoms with Crippen LogP contribution in [0, 0.1) is 5.92 Å². The highest BCUT2D eigenvalue weighted by molar-refractivity contribution is 6.31. The summed E-state index contributed by atoms with van der Waals surface area (Å²) in [6.45, 7) is -0.646. The Morgan fingerprint density at radius 3 is 2.48 bits per heavy atom. The molecule has 0 spiro atoms. The average molecular weight is 397 g/mol. The van der Waals surface area contributed by atoms with Crippen LogP contribution in [0.5, 0.6) is 5.75 Å². The van der Waals surface area contributed by atoms with E-state index < -0.39 is 30.5 Å². The zero-order chi connectivity index (χ0) is 19.6. The summed E-state index contributed by atoms with van der Waals surface area (Å²) in [5.74, 6) is -4.74. The first-order valence-electron chi connectivity index (χ1n) is 8.93. The maximum Gasteiger partial charge on any atom is 0.260 e. The molecule has 3 atom stereocenters. The van der Waals surface area contributed by atoms with Crippen molar-refractivity contribution in [3.63, 3.8) is 0 Å². The summed E-state index contributed by atoms with van der Waals surface area (Å²) < 4.78 is 34.8. The second kappa shape index (κ2) is 8.13. The average Bonchev–Trinajstić information content (AvgIpc) is 2.65. The summed E-state index contributed by atoms with van der Waals surface area (Å²) in [6, 6.07) is 12.4. The van der Waals surface area contributed by atoms with Crippen LogP contribution in [-0.4, -0.2) is 36.0 Å². The van der Waals surface area contributed by atoms with Crippen LogP contribution in [0.3, 0.4) is 0 Å². The van der Waals surface area contributed by atoms with E-state index in [2.05, 4.69) is 0 Å². The molecule has 3 nitrogen and oxygen atoms in total. The molecule has 1 aliphatic carbocycles. The molecule has 0 heterocycles. The fourth-order valence-electron chi connectivity index (χ4n) is 3.76. The van der Waals surface area contributed by atoms with Gasteiger partial charge in [0, 0.05) is 10.9 Å². The summed E-state index contributed by atoms with van der Waals surface area (Å²) in [5.41, 5.74) is 2.17. The third kappa shape index (κ3) is 4.26. The van der Waals surface area contributed by atoms with Crippen molar-refractivity contribution in [3.8, 4) is 5.75 Å². The van der Waals surface area contributed by atoms with Crippen LogP contribution < -0.4 is 4.74 Å². The van der Waals surface area contributed by atoms with Gasteiger partial charge in [-0.1, -0.05) is 35.9 Å². The zero-order valence-electron chi connectivity index (χ0n) is 15.0. The molecule has 146 valence electrons. The normalized spacial score (nSPS) is 24.6. The molecular formula is C21H23ClF2O3. The van der Waals surface area contributed by atoms with E-state index in [1.54, 1.807) is 25.3 Å². The molecule has 27 heavy (non-hydrogen) atoms. The van der Waals surface area contributed by atoms with Crippen molar-refractivity contribution < 1.29 is 23.7 Å². The van der Waals surface area contributed by atoms with Gasteiger partial charge >= 0.3 is 0 Å². The summed E-state index contributed by atoms with van der Waals surface area (Å²) >= 11 is 6.30. The Bertz CT molecular complexity index is 779. The monoisotopic (exact) mass is 396 g/mol. The number of ether oxygens (including phenoxy) is 1. The van der Waals surface area contributed by atoms with Crippen molar-refractivity contribution in [1.82, 2.24) is 0 Å². The SMILES string of the molecule is COc1ccc(Cc2cc(C3CC(O)CC(CO)C3(F)F)ccc2Cl)cc1. The number of alkyl halides is 2. The predicted molar refractivity (Wildman–Crippen MR) is 101 cm³/mol. The number of aliphatic hydroxyl groups excluding tert-OH is 2. The fraction of sp³-hybridized carbons (Fsp3) is 0.429. The van der Waals surface area contributed by atoms with E-state index in [4.69, 9.17) is 16.3 Å². The van der Waals surface area contributed by atoms with Gasteiger partial charge in [-0.2, -0.15) is 0 Å². The molecule has 1 aliphatic rings. The molecule has 3 unspecified atom stereocenters. The van der Waals surface area contributed by atoms with Crippen molar-refractivity contribution in [2.24, 2.45) is 5.92 Å². The molecule has 0 aromatic heterocycles. The van der Waals surface area contributed by atoms with Crippen molar-refractivity contribution in [3.05, 3.63) is 64.2 Å². The maximum absolute atomic E-state index is 14.8. The highest BCUT2D eigenvalue weighted by Crippen LogP contribution is 2.48. The van der Waals surface area contributed by atoms with Gasteiger partial charge in [-0.15, -0.1) is 0 Å². The first-order valence-corrected chi connectivity index (χ1v) is 9.31. The highest BCUT2D eigenvalue weighted by atomic mass is 35.5. The largest absolute Gasteiger partial charge is 0.497 e. The molecule has 0 bridgehead atoms. The van der Waals surface area contributed by atoms with E-state index in [1.165, 1.54) is 0 Å². The zero-order valence-corrected chi connectivity index (χ0v) is 15.8. The van der Waals surface area contributed by atoms with E-state index in [0.717, 1.165) is 16.9 Å². The van der Waals surface area contributed by atoms with Gasteiger partial charge in [-0.25, -0.2) is 8.78 Å². The highest BCUT2D eigenvalue weighted by Gasteiger charge is 2.52. The van der Waals surface area contributed by atoms with Crippen LogP contribution in [0.25, 0.3) is 0 Å². The van der Waals surface area contributed by atoms with Crippen molar-refractivity contribution in [2.45, 2.75) is 37.2 Å². The van der Waals surface area contributed by atoms with Crippen molar-refractivity contribution in [2.75, 3.05) is 13.7 Å². The fourth-order valence-corrected chi connectivity index (χ4v) is 3.94. The third-order valence-electron chi connectivity index (χ3n) is 5.32. The number of hydrogen-bond donors (Lipinski definition) is 2. The van der Waals surface area contributed by atoms with Crippen LogP contribution >= 0.6 is 11.6 Å². The number of halogens is 3. The molecule has 2 aromatic rings. The van der Waals surface area contributed by atoms with Gasteiger partial charge < -0.3 is 14.9 Å². The lowest BCUT2D eigenvalue weighted by Crippen LogP contribution is -2.45. The second-order valence-corrected chi connectivity index (χ2v) is 7.51. The summed E-state index contributed by atoms with van der Waals surface area (Å²) in [6.07, 6.45) is -0.479. The van der Waals surface area contributed by atoms with Crippen LogP contribution in [0.2, 0.25) is 5.02 Å². The van der Waals surface area contributed by atoms with Crippen molar-refractivity contribution >= 4 is 11.6 Å². The Hall–Kier alpha value is -1.69. The minimum atomic E-state index is -3.08. The molecule has 6 heteroatoms.